The Morgan fingerprint density at radius 2 is 1.07 bits per heavy atom. The molecule has 12 atom stereocenters. The van der Waals surface area contributed by atoms with Crippen molar-refractivity contribution in [2.24, 2.45) is 0 Å². The van der Waals surface area contributed by atoms with Gasteiger partial charge in [-0.25, -0.2) is 0 Å². The summed E-state index contributed by atoms with van der Waals surface area (Å²) in [7, 11) is 0. The molecule has 13 nitrogen and oxygen atoms in total. The van der Waals surface area contributed by atoms with Crippen LogP contribution in [0.15, 0.2) is 0 Å². The van der Waals surface area contributed by atoms with E-state index in [2.05, 4.69) is 0 Å². The molecule has 8 N–H and O–H groups in total. The van der Waals surface area contributed by atoms with E-state index in [1.165, 1.54) is 0 Å². The summed E-state index contributed by atoms with van der Waals surface area (Å²) < 4.78 is 26.5. The molecule has 12 unspecified atom stereocenters. The van der Waals surface area contributed by atoms with Crippen LogP contribution in [0.3, 0.4) is 0 Å². The Morgan fingerprint density at radius 1 is 0.536 bits per heavy atom. The van der Waals surface area contributed by atoms with Crippen LogP contribution < -0.4 is 0 Å². The predicted molar refractivity (Wildman–Crippen MR) is 83.2 cm³/mol. The maximum Gasteiger partial charge on any atom is 0.187 e. The molecule has 28 heavy (non-hydrogen) atoms. The van der Waals surface area contributed by atoms with Crippen LogP contribution in [-0.2, 0) is 23.7 Å². The summed E-state index contributed by atoms with van der Waals surface area (Å²) in [4.78, 5) is 0. The molecule has 164 valence electrons. The molecular formula is C15H26O13. The maximum atomic E-state index is 10.3. The molecule has 0 saturated carbocycles. The molecule has 3 fully saturated rings. The Balaban J connectivity index is 1.72. The average molecular weight is 414 g/mol. The van der Waals surface area contributed by atoms with Crippen LogP contribution in [0.4, 0.5) is 0 Å². The monoisotopic (exact) mass is 414 g/mol. The lowest BCUT2D eigenvalue weighted by Crippen LogP contribution is -2.47. The number of ether oxygens (including phenoxy) is 5. The first-order valence-electron chi connectivity index (χ1n) is 8.82. The van der Waals surface area contributed by atoms with Crippen molar-refractivity contribution in [3.8, 4) is 0 Å². The Morgan fingerprint density at radius 3 is 1.64 bits per heavy atom. The van der Waals surface area contributed by atoms with Crippen LogP contribution in [0.5, 0.6) is 0 Å². The van der Waals surface area contributed by atoms with E-state index in [1.54, 1.807) is 0 Å². The molecule has 3 rings (SSSR count). The van der Waals surface area contributed by atoms with E-state index >= 15 is 0 Å². The topological polar surface area (TPSA) is 208 Å². The van der Waals surface area contributed by atoms with Gasteiger partial charge in [-0.3, -0.25) is 0 Å². The van der Waals surface area contributed by atoms with E-state index in [0.717, 1.165) is 0 Å². The highest BCUT2D eigenvalue weighted by molar-refractivity contribution is 4.94. The fraction of sp³-hybridized carbons (Fsp3) is 1.00. The molecule has 0 aromatic carbocycles. The normalized spacial score (nSPS) is 51.9. The lowest BCUT2D eigenvalue weighted by Gasteiger charge is -2.29. The van der Waals surface area contributed by atoms with Crippen LogP contribution in [0.1, 0.15) is 0 Å². The fourth-order valence-electron chi connectivity index (χ4n) is 3.43. The van der Waals surface area contributed by atoms with Crippen LogP contribution >= 0.6 is 0 Å². The summed E-state index contributed by atoms with van der Waals surface area (Å²) in [6, 6.07) is 0. The largest absolute Gasteiger partial charge is 0.394 e. The van der Waals surface area contributed by atoms with Gasteiger partial charge in [0.25, 0.3) is 0 Å². The molecule has 0 spiro atoms. The first kappa shape index (κ1) is 22.2. The number of hydrogen-bond acceptors (Lipinski definition) is 13. The van der Waals surface area contributed by atoms with E-state index < -0.39 is 93.6 Å². The number of aliphatic hydroxyl groups excluding tert-OH is 8. The van der Waals surface area contributed by atoms with Gasteiger partial charge in [-0.15, -0.1) is 0 Å². The van der Waals surface area contributed by atoms with Crippen molar-refractivity contribution in [2.45, 2.75) is 73.8 Å². The first-order chi connectivity index (χ1) is 13.3. The van der Waals surface area contributed by atoms with Gasteiger partial charge in [0.15, 0.2) is 18.9 Å². The van der Waals surface area contributed by atoms with Crippen molar-refractivity contribution in [3.05, 3.63) is 0 Å². The Bertz CT molecular complexity index is 508. The zero-order valence-corrected chi connectivity index (χ0v) is 14.7. The maximum absolute atomic E-state index is 10.3. The molecule has 0 amide bonds. The van der Waals surface area contributed by atoms with E-state index in [1.807, 2.05) is 0 Å². The molecule has 13 heteroatoms. The summed E-state index contributed by atoms with van der Waals surface area (Å²) in [6.45, 7) is -1.77. The third kappa shape index (κ3) is 4.04. The molecule has 0 bridgehead atoms. The number of rotatable bonds is 7. The summed E-state index contributed by atoms with van der Waals surface area (Å²) in [6.07, 6.45) is -16.3. The van der Waals surface area contributed by atoms with Gasteiger partial charge >= 0.3 is 0 Å². The molecule has 3 saturated heterocycles. The Hall–Kier alpha value is -0.520. The van der Waals surface area contributed by atoms with Gasteiger partial charge in [0, 0.05) is 0 Å². The van der Waals surface area contributed by atoms with Crippen molar-refractivity contribution >= 4 is 0 Å². The highest BCUT2D eigenvalue weighted by atomic mass is 16.8. The predicted octanol–water partition coefficient (Wildman–Crippen LogP) is -5.66. The second-order valence-electron chi connectivity index (χ2n) is 6.86. The Labute approximate surface area is 159 Å². The molecule has 0 aromatic rings. The van der Waals surface area contributed by atoms with Crippen molar-refractivity contribution in [1.29, 1.82) is 0 Å². The first-order valence-corrected chi connectivity index (χ1v) is 8.82. The van der Waals surface area contributed by atoms with E-state index in [-0.39, 0.29) is 0 Å². The third-order valence-electron chi connectivity index (χ3n) is 5.05. The van der Waals surface area contributed by atoms with Gasteiger partial charge in [-0.2, -0.15) is 0 Å². The van der Waals surface area contributed by atoms with Crippen LogP contribution in [0, 0.1) is 0 Å². The number of aliphatic hydroxyl groups is 8. The minimum atomic E-state index is -1.61. The van der Waals surface area contributed by atoms with Gasteiger partial charge in [0.05, 0.1) is 19.8 Å². The SMILES string of the molecule is OCC1OC(OC2C(OC3C(CO)OC(O)C3O)OC(CO)C2O)C(O)C1O. The number of hydrogen-bond donors (Lipinski definition) is 8. The molecule has 3 heterocycles. The molecule has 0 aromatic heterocycles. The van der Waals surface area contributed by atoms with E-state index in [0.29, 0.717) is 0 Å². The summed E-state index contributed by atoms with van der Waals surface area (Å²) >= 11 is 0. The van der Waals surface area contributed by atoms with Crippen LogP contribution in [-0.4, -0.2) is 134 Å². The highest BCUT2D eigenvalue weighted by Crippen LogP contribution is 2.33. The zero-order valence-electron chi connectivity index (χ0n) is 14.7. The van der Waals surface area contributed by atoms with Gasteiger partial charge in [-0.05, 0) is 0 Å². The van der Waals surface area contributed by atoms with Gasteiger partial charge in [0.1, 0.15) is 54.9 Å². The van der Waals surface area contributed by atoms with Crippen molar-refractivity contribution < 1.29 is 64.5 Å². The molecule has 0 aliphatic carbocycles. The van der Waals surface area contributed by atoms with Gasteiger partial charge in [-0.1, -0.05) is 0 Å². The quantitative estimate of drug-likeness (QED) is 0.196. The summed E-state index contributed by atoms with van der Waals surface area (Å²) in [5.41, 5.74) is 0. The lowest BCUT2D eigenvalue weighted by molar-refractivity contribution is -0.263. The van der Waals surface area contributed by atoms with Gasteiger partial charge in [0.2, 0.25) is 0 Å². The van der Waals surface area contributed by atoms with Crippen molar-refractivity contribution in [3.63, 3.8) is 0 Å². The molecular weight excluding hydrogens is 388 g/mol. The summed E-state index contributed by atoms with van der Waals surface area (Å²) in [5, 5.41) is 77.5. The van der Waals surface area contributed by atoms with Crippen LogP contribution in [0.2, 0.25) is 0 Å². The average Bonchev–Trinajstić information content (AvgIpc) is 3.25. The third-order valence-corrected chi connectivity index (χ3v) is 5.05. The van der Waals surface area contributed by atoms with Gasteiger partial charge < -0.3 is 64.5 Å². The second kappa shape index (κ2) is 9.09. The standard InChI is InChI=1S/C15H26O13/c16-1-4-7(19)9(21)14(25-4)28-12-8(20)5(2-17)26-15(12)27-11-6(3-18)24-13(23)10(11)22/h4-23H,1-3H2. The van der Waals surface area contributed by atoms with Crippen LogP contribution in [0.25, 0.3) is 0 Å². The molecule has 3 aliphatic rings. The summed E-state index contributed by atoms with van der Waals surface area (Å²) in [5.74, 6) is 0. The Kier molecular flexibility index (Phi) is 7.20. The zero-order chi connectivity index (χ0) is 20.6. The lowest BCUT2D eigenvalue weighted by atomic mass is 10.1. The minimum absolute atomic E-state index is 0.581. The molecule has 0 radical (unpaired) electrons. The highest BCUT2D eigenvalue weighted by Gasteiger charge is 2.53. The van der Waals surface area contributed by atoms with E-state index in [4.69, 9.17) is 28.8 Å². The van der Waals surface area contributed by atoms with E-state index in [9.17, 15) is 35.7 Å². The second-order valence-corrected chi connectivity index (χ2v) is 6.86. The van der Waals surface area contributed by atoms with Crippen molar-refractivity contribution in [1.82, 2.24) is 0 Å². The smallest absolute Gasteiger partial charge is 0.187 e. The fourth-order valence-corrected chi connectivity index (χ4v) is 3.43. The minimum Gasteiger partial charge on any atom is -0.394 e. The molecule has 3 aliphatic heterocycles. The van der Waals surface area contributed by atoms with Crippen molar-refractivity contribution in [2.75, 3.05) is 19.8 Å².